The maximum Gasteiger partial charge on any atom is 0.137 e. The standard InChI is InChI=1S/C64H49NO/c1-2-11-43(12-3-1)44-23-28-53(29-24-44)65(60-20-10-22-62-63(60)56-18-5-7-21-61(56)66-62)54-30-25-45(26-31-54)46-13-8-14-47(38-46)48-15-9-16-49(39-48)50-27-32-59-57(40-50)55-17-4-6-19-58(55)64(59)51-34-41-33-42(36-51)37-52(64)35-41/h1-32,38-42,51-52H,33-37H2. The number of para-hydroxylation sites is 1. The summed E-state index contributed by atoms with van der Waals surface area (Å²) in [6.45, 7) is 0. The first-order valence-corrected chi connectivity index (χ1v) is 24.1. The van der Waals surface area contributed by atoms with Crippen LogP contribution in [-0.4, -0.2) is 0 Å². The maximum atomic E-state index is 6.39. The number of benzene rings is 9. The first-order chi connectivity index (χ1) is 32.7. The molecule has 5 aliphatic rings. The molecule has 0 amide bonds. The van der Waals surface area contributed by atoms with Crippen molar-refractivity contribution in [3.8, 4) is 55.6 Å². The second-order valence-electron chi connectivity index (χ2n) is 19.7. The Bertz CT molecular complexity index is 3460. The van der Waals surface area contributed by atoms with E-state index in [0.717, 1.165) is 62.7 Å². The average Bonchev–Trinajstić information content (AvgIpc) is 3.90. The van der Waals surface area contributed by atoms with Gasteiger partial charge in [-0.25, -0.2) is 0 Å². The van der Waals surface area contributed by atoms with Crippen LogP contribution in [0.25, 0.3) is 77.6 Å². The van der Waals surface area contributed by atoms with Crippen LogP contribution in [-0.2, 0) is 5.41 Å². The van der Waals surface area contributed by atoms with Crippen LogP contribution in [0, 0.1) is 23.7 Å². The van der Waals surface area contributed by atoms with Gasteiger partial charge in [0.1, 0.15) is 11.2 Å². The molecule has 0 N–H and O–H groups in total. The lowest BCUT2D eigenvalue weighted by atomic mass is 9.43. The molecule has 4 bridgehead atoms. The van der Waals surface area contributed by atoms with Crippen LogP contribution < -0.4 is 4.90 Å². The van der Waals surface area contributed by atoms with E-state index in [1.807, 2.05) is 6.07 Å². The molecule has 5 aliphatic carbocycles. The van der Waals surface area contributed by atoms with Crippen LogP contribution in [0.5, 0.6) is 0 Å². The Morgan fingerprint density at radius 1 is 0.364 bits per heavy atom. The Labute approximate surface area is 386 Å². The summed E-state index contributed by atoms with van der Waals surface area (Å²) in [4.78, 5) is 2.37. The number of furan rings is 1. The number of anilines is 3. The van der Waals surface area contributed by atoms with Crippen molar-refractivity contribution in [2.45, 2.75) is 37.5 Å². The summed E-state index contributed by atoms with van der Waals surface area (Å²) in [6.07, 6.45) is 7.14. The Kier molecular flexibility index (Phi) is 8.50. The molecule has 10 aromatic rings. The van der Waals surface area contributed by atoms with Gasteiger partial charge in [0.2, 0.25) is 0 Å². The molecule has 15 rings (SSSR count). The van der Waals surface area contributed by atoms with Crippen molar-refractivity contribution in [3.63, 3.8) is 0 Å². The number of hydrogen-bond acceptors (Lipinski definition) is 2. The molecular formula is C64H49NO. The van der Waals surface area contributed by atoms with E-state index in [2.05, 4.69) is 211 Å². The van der Waals surface area contributed by atoms with E-state index in [1.54, 1.807) is 11.1 Å². The molecule has 4 fully saturated rings. The summed E-state index contributed by atoms with van der Waals surface area (Å²) >= 11 is 0. The van der Waals surface area contributed by atoms with Crippen LogP contribution in [0.3, 0.4) is 0 Å². The van der Waals surface area contributed by atoms with E-state index in [1.165, 1.54) is 87.7 Å². The number of rotatable bonds is 7. The highest BCUT2D eigenvalue weighted by Gasteiger charge is 2.61. The predicted octanol–water partition coefficient (Wildman–Crippen LogP) is 17.4. The van der Waals surface area contributed by atoms with E-state index in [-0.39, 0.29) is 5.41 Å². The first kappa shape index (κ1) is 37.9. The van der Waals surface area contributed by atoms with Crippen LogP contribution in [0.4, 0.5) is 17.1 Å². The van der Waals surface area contributed by atoms with Gasteiger partial charge in [-0.2, -0.15) is 0 Å². The normalized spacial score (nSPS) is 21.1. The van der Waals surface area contributed by atoms with E-state index < -0.39 is 0 Å². The summed E-state index contributed by atoms with van der Waals surface area (Å²) in [5, 5.41) is 2.22. The van der Waals surface area contributed by atoms with Gasteiger partial charge in [0.05, 0.1) is 11.1 Å². The molecular weight excluding hydrogens is 799 g/mol. The molecule has 4 saturated carbocycles. The lowest BCUT2D eigenvalue weighted by Crippen LogP contribution is -2.55. The van der Waals surface area contributed by atoms with Gasteiger partial charge < -0.3 is 9.32 Å². The Balaban J connectivity index is 0.801. The fourth-order valence-corrected chi connectivity index (χ4v) is 13.7. The van der Waals surface area contributed by atoms with Crippen LogP contribution in [0.1, 0.15) is 43.2 Å². The fraction of sp³-hybridized carbons (Fsp3) is 0.156. The van der Waals surface area contributed by atoms with E-state index >= 15 is 0 Å². The SMILES string of the molecule is c1ccc(-c2ccc(N(c3ccc(-c4cccc(-c5cccc(-c6ccc7c(c6)-c6ccccc6C76C7CC8CC(C7)CC6C8)c5)c4)cc3)c3cccc4oc5ccccc5c34)cc2)cc1. The molecule has 0 radical (unpaired) electrons. The van der Waals surface area contributed by atoms with Crippen molar-refractivity contribution >= 4 is 39.0 Å². The number of fused-ring (bicyclic) bond motifs is 6. The zero-order chi connectivity index (χ0) is 43.3. The van der Waals surface area contributed by atoms with E-state index in [4.69, 9.17) is 4.42 Å². The van der Waals surface area contributed by atoms with Gasteiger partial charge in [-0.15, -0.1) is 0 Å². The third-order valence-electron chi connectivity index (χ3n) is 16.3. The van der Waals surface area contributed by atoms with Gasteiger partial charge >= 0.3 is 0 Å². The third kappa shape index (κ3) is 5.80. The van der Waals surface area contributed by atoms with Gasteiger partial charge in [0.25, 0.3) is 0 Å². The minimum atomic E-state index is 0.202. The topological polar surface area (TPSA) is 16.4 Å². The zero-order valence-electron chi connectivity index (χ0n) is 36.9. The zero-order valence-corrected chi connectivity index (χ0v) is 36.9. The molecule has 1 heterocycles. The smallest absolute Gasteiger partial charge is 0.137 e. The fourth-order valence-electron chi connectivity index (χ4n) is 13.7. The minimum Gasteiger partial charge on any atom is -0.456 e. The summed E-state index contributed by atoms with van der Waals surface area (Å²) in [5.74, 6) is 3.46. The number of nitrogens with zero attached hydrogens (tertiary/aromatic N) is 1. The minimum absolute atomic E-state index is 0.202. The van der Waals surface area contributed by atoms with Crippen LogP contribution in [0.15, 0.2) is 217 Å². The molecule has 0 unspecified atom stereocenters. The predicted molar refractivity (Wildman–Crippen MR) is 273 cm³/mol. The van der Waals surface area contributed by atoms with Crippen molar-refractivity contribution < 1.29 is 4.42 Å². The molecule has 2 nitrogen and oxygen atoms in total. The van der Waals surface area contributed by atoms with Crippen molar-refractivity contribution in [2.24, 2.45) is 23.7 Å². The van der Waals surface area contributed by atoms with Gasteiger partial charge in [-0.05, 0) is 183 Å². The molecule has 66 heavy (non-hydrogen) atoms. The summed E-state index contributed by atoms with van der Waals surface area (Å²) in [5.41, 5.74) is 21.2. The molecule has 2 heteroatoms. The first-order valence-electron chi connectivity index (χ1n) is 24.1. The lowest BCUT2D eigenvalue weighted by Gasteiger charge is -2.61. The van der Waals surface area contributed by atoms with Gasteiger partial charge in [-0.3, -0.25) is 0 Å². The lowest BCUT2D eigenvalue weighted by molar-refractivity contribution is -0.0399. The van der Waals surface area contributed by atoms with Crippen molar-refractivity contribution in [2.75, 3.05) is 4.90 Å². The van der Waals surface area contributed by atoms with E-state index in [9.17, 15) is 0 Å². The van der Waals surface area contributed by atoms with Crippen molar-refractivity contribution in [1.29, 1.82) is 0 Å². The van der Waals surface area contributed by atoms with Crippen LogP contribution >= 0.6 is 0 Å². The highest BCUT2D eigenvalue weighted by atomic mass is 16.3. The molecule has 0 atom stereocenters. The number of hydrogen-bond donors (Lipinski definition) is 0. The maximum absolute atomic E-state index is 6.39. The second kappa shape index (κ2) is 14.8. The third-order valence-corrected chi connectivity index (χ3v) is 16.3. The van der Waals surface area contributed by atoms with Gasteiger partial charge in [0.15, 0.2) is 0 Å². The molecule has 1 spiro atoms. The molecule has 0 saturated heterocycles. The molecule has 9 aromatic carbocycles. The Morgan fingerprint density at radius 3 is 1.53 bits per heavy atom. The quantitative estimate of drug-likeness (QED) is 0.159. The summed E-state index contributed by atoms with van der Waals surface area (Å²) in [6, 6.07) is 78.5. The average molecular weight is 848 g/mol. The molecule has 0 aliphatic heterocycles. The Morgan fingerprint density at radius 2 is 0.848 bits per heavy atom. The molecule has 316 valence electrons. The Hall–Kier alpha value is -7.42. The van der Waals surface area contributed by atoms with Gasteiger partial charge in [0, 0.05) is 22.2 Å². The highest BCUT2D eigenvalue weighted by Crippen LogP contribution is 2.69. The second-order valence-corrected chi connectivity index (χ2v) is 19.7. The molecule has 1 aromatic heterocycles. The van der Waals surface area contributed by atoms with Crippen molar-refractivity contribution in [3.05, 3.63) is 223 Å². The summed E-state index contributed by atoms with van der Waals surface area (Å²) in [7, 11) is 0. The summed E-state index contributed by atoms with van der Waals surface area (Å²) < 4.78 is 6.39. The van der Waals surface area contributed by atoms with Crippen molar-refractivity contribution in [1.82, 2.24) is 0 Å². The largest absolute Gasteiger partial charge is 0.456 e. The van der Waals surface area contributed by atoms with E-state index in [0.29, 0.717) is 0 Å². The monoisotopic (exact) mass is 847 g/mol. The highest BCUT2D eigenvalue weighted by molar-refractivity contribution is 6.13. The van der Waals surface area contributed by atoms with Crippen LogP contribution in [0.2, 0.25) is 0 Å². The van der Waals surface area contributed by atoms with Gasteiger partial charge in [-0.1, -0.05) is 152 Å².